The van der Waals surface area contributed by atoms with E-state index in [9.17, 15) is 24.3 Å². The number of benzene rings is 1. The number of carboxylic acids is 1. The number of hydrogen-bond donors (Lipinski definition) is 8. The lowest BCUT2D eigenvalue weighted by molar-refractivity contribution is -0.142. The van der Waals surface area contributed by atoms with Crippen molar-refractivity contribution in [3.05, 3.63) is 36.0 Å². The van der Waals surface area contributed by atoms with Gasteiger partial charge in [0.1, 0.15) is 18.1 Å². The third-order valence-electron chi connectivity index (χ3n) is 6.05. The highest BCUT2D eigenvalue weighted by atomic mass is 16.4. The monoisotopic (exact) mass is 544 g/mol. The molecule has 0 saturated heterocycles. The first-order chi connectivity index (χ1) is 18.4. The van der Waals surface area contributed by atoms with Gasteiger partial charge in [0.25, 0.3) is 0 Å². The molecule has 11 N–H and O–H groups in total. The zero-order chi connectivity index (χ0) is 29.1. The van der Waals surface area contributed by atoms with Gasteiger partial charge < -0.3 is 43.2 Å². The van der Waals surface area contributed by atoms with Gasteiger partial charge in [-0.2, -0.15) is 0 Å². The first kappa shape index (κ1) is 31.1. The van der Waals surface area contributed by atoms with E-state index in [0.717, 1.165) is 16.5 Å². The number of guanidine groups is 1. The highest BCUT2D eigenvalue weighted by Crippen LogP contribution is 2.19. The molecule has 13 heteroatoms. The lowest BCUT2D eigenvalue weighted by atomic mass is 10.0. The number of rotatable bonds is 15. The molecule has 0 radical (unpaired) electrons. The predicted molar refractivity (Wildman–Crippen MR) is 148 cm³/mol. The molecule has 2 rings (SSSR count). The molecule has 0 bridgehead atoms. The van der Waals surface area contributed by atoms with E-state index in [0.29, 0.717) is 6.42 Å². The van der Waals surface area contributed by atoms with Crippen LogP contribution in [0.25, 0.3) is 10.9 Å². The van der Waals surface area contributed by atoms with E-state index in [1.165, 1.54) is 6.92 Å². The fourth-order valence-electron chi connectivity index (χ4n) is 4.04. The molecule has 4 unspecified atom stereocenters. The molecule has 0 fully saturated rings. The molecular weight excluding hydrogens is 504 g/mol. The summed E-state index contributed by atoms with van der Waals surface area (Å²) in [4.78, 5) is 57.7. The molecule has 0 saturated carbocycles. The maximum atomic E-state index is 13.3. The second kappa shape index (κ2) is 14.7. The van der Waals surface area contributed by atoms with Crippen LogP contribution in [-0.4, -0.2) is 70.5 Å². The van der Waals surface area contributed by atoms with Crippen molar-refractivity contribution in [2.75, 3.05) is 6.54 Å². The molecule has 4 atom stereocenters. The predicted octanol–water partition coefficient (Wildman–Crippen LogP) is -0.304. The third-order valence-corrected chi connectivity index (χ3v) is 6.05. The number of H-pyrrole nitrogens is 1. The molecule has 0 aliphatic carbocycles. The standard InChI is InChI=1S/C26H40N8O5/c1-14(2)11-20(33-23(36)19(32-22(35)15(3)27)9-6-10-30-26(28)29)24(37)34-21(25(38)39)12-16-13-31-18-8-5-4-7-17(16)18/h4-5,7-8,13-15,19-21,31H,6,9-12,27H2,1-3H3,(H,32,35)(H,33,36)(H,34,37)(H,38,39)(H4,28,29,30). The van der Waals surface area contributed by atoms with Crippen LogP contribution in [0.5, 0.6) is 0 Å². The molecule has 3 amide bonds. The number of aliphatic imine (C=N–C) groups is 1. The number of hydrogen-bond acceptors (Lipinski definition) is 6. The van der Waals surface area contributed by atoms with E-state index >= 15 is 0 Å². The number of nitrogens with one attached hydrogen (secondary N) is 4. The van der Waals surface area contributed by atoms with Gasteiger partial charge in [0.15, 0.2) is 5.96 Å². The van der Waals surface area contributed by atoms with Crippen LogP contribution in [0.3, 0.4) is 0 Å². The van der Waals surface area contributed by atoms with Crippen LogP contribution in [0.4, 0.5) is 0 Å². The number of nitrogens with zero attached hydrogens (tertiary/aromatic N) is 1. The minimum Gasteiger partial charge on any atom is -0.480 e. The number of nitrogens with two attached hydrogens (primary N) is 3. The molecule has 1 heterocycles. The Hall–Kier alpha value is -4.13. The molecule has 214 valence electrons. The van der Waals surface area contributed by atoms with Crippen molar-refractivity contribution in [2.24, 2.45) is 28.1 Å². The summed E-state index contributed by atoms with van der Waals surface area (Å²) in [5, 5.41) is 18.5. The molecule has 1 aromatic heterocycles. The number of fused-ring (bicyclic) bond motifs is 1. The molecule has 0 spiro atoms. The summed E-state index contributed by atoms with van der Waals surface area (Å²) in [6.45, 7) is 5.47. The summed E-state index contributed by atoms with van der Waals surface area (Å²) in [6, 6.07) is 3.34. The lowest BCUT2D eigenvalue weighted by Crippen LogP contribution is -2.57. The van der Waals surface area contributed by atoms with Gasteiger partial charge in [0, 0.05) is 30.1 Å². The molecule has 39 heavy (non-hydrogen) atoms. The molecule has 1 aromatic carbocycles. The normalized spacial score (nSPS) is 14.2. The highest BCUT2D eigenvalue weighted by molar-refractivity contribution is 5.94. The van der Waals surface area contributed by atoms with Gasteiger partial charge in [-0.25, -0.2) is 4.79 Å². The fourth-order valence-corrected chi connectivity index (χ4v) is 4.04. The number of carbonyl (C=O) groups is 4. The van der Waals surface area contributed by atoms with E-state index in [4.69, 9.17) is 17.2 Å². The quantitative estimate of drug-likeness (QED) is 0.0840. The van der Waals surface area contributed by atoms with Crippen molar-refractivity contribution in [1.29, 1.82) is 0 Å². The Morgan fingerprint density at radius 3 is 2.18 bits per heavy atom. The van der Waals surface area contributed by atoms with Crippen molar-refractivity contribution in [3.8, 4) is 0 Å². The number of amides is 3. The van der Waals surface area contributed by atoms with E-state index in [1.54, 1.807) is 6.20 Å². The average molecular weight is 545 g/mol. The lowest BCUT2D eigenvalue weighted by Gasteiger charge is -2.26. The van der Waals surface area contributed by atoms with Gasteiger partial charge in [-0.05, 0) is 43.7 Å². The molecule has 0 aliphatic rings. The second-order valence-corrected chi connectivity index (χ2v) is 9.95. The Bertz CT molecular complexity index is 1170. The highest BCUT2D eigenvalue weighted by Gasteiger charge is 2.30. The SMILES string of the molecule is CC(C)CC(NC(=O)C(CCCN=C(N)N)NC(=O)C(C)N)C(=O)NC(Cc1c[nH]c2ccccc12)C(=O)O. The smallest absolute Gasteiger partial charge is 0.326 e. The minimum atomic E-state index is -1.23. The fraction of sp³-hybridized carbons (Fsp3) is 0.500. The van der Waals surface area contributed by atoms with Crippen LogP contribution in [0.2, 0.25) is 0 Å². The molecule has 13 nitrogen and oxygen atoms in total. The Morgan fingerprint density at radius 1 is 0.949 bits per heavy atom. The van der Waals surface area contributed by atoms with Gasteiger partial charge >= 0.3 is 5.97 Å². The first-order valence-corrected chi connectivity index (χ1v) is 12.9. The number of aromatic nitrogens is 1. The maximum Gasteiger partial charge on any atom is 0.326 e. The Balaban J connectivity index is 2.17. The van der Waals surface area contributed by atoms with Gasteiger partial charge in [-0.15, -0.1) is 0 Å². The van der Waals surface area contributed by atoms with E-state index < -0.39 is 47.9 Å². The average Bonchev–Trinajstić information content (AvgIpc) is 3.27. The second-order valence-electron chi connectivity index (χ2n) is 9.95. The summed E-state index contributed by atoms with van der Waals surface area (Å²) < 4.78 is 0. The van der Waals surface area contributed by atoms with Crippen molar-refractivity contribution in [1.82, 2.24) is 20.9 Å². The number of aromatic amines is 1. The van der Waals surface area contributed by atoms with Crippen LogP contribution in [-0.2, 0) is 25.6 Å². The van der Waals surface area contributed by atoms with Crippen LogP contribution in [0, 0.1) is 5.92 Å². The van der Waals surface area contributed by atoms with Crippen LogP contribution in [0.1, 0.15) is 45.6 Å². The van der Waals surface area contributed by atoms with E-state index in [1.807, 2.05) is 38.1 Å². The molecule has 0 aliphatic heterocycles. The van der Waals surface area contributed by atoms with Crippen LogP contribution < -0.4 is 33.2 Å². The Kier molecular flexibility index (Phi) is 11.7. The number of aliphatic carboxylic acids is 1. The van der Waals surface area contributed by atoms with Crippen molar-refractivity contribution in [2.45, 2.75) is 70.6 Å². The maximum absolute atomic E-state index is 13.3. The van der Waals surface area contributed by atoms with Crippen LogP contribution >= 0.6 is 0 Å². The summed E-state index contributed by atoms with van der Waals surface area (Å²) in [5.74, 6) is -3.07. The van der Waals surface area contributed by atoms with E-state index in [2.05, 4.69) is 25.9 Å². The van der Waals surface area contributed by atoms with Crippen molar-refractivity contribution in [3.63, 3.8) is 0 Å². The molecule has 2 aromatic rings. The summed E-state index contributed by atoms with van der Waals surface area (Å²) in [7, 11) is 0. The third kappa shape index (κ3) is 9.93. The number of carbonyl (C=O) groups excluding carboxylic acids is 3. The van der Waals surface area contributed by atoms with Crippen molar-refractivity contribution < 1.29 is 24.3 Å². The van der Waals surface area contributed by atoms with Gasteiger partial charge in [-0.3, -0.25) is 19.4 Å². The van der Waals surface area contributed by atoms with Crippen LogP contribution in [0.15, 0.2) is 35.5 Å². The van der Waals surface area contributed by atoms with Gasteiger partial charge in [0.2, 0.25) is 17.7 Å². The topological polar surface area (TPSA) is 231 Å². The number of para-hydroxylation sites is 1. The Morgan fingerprint density at radius 2 is 1.56 bits per heavy atom. The van der Waals surface area contributed by atoms with Gasteiger partial charge in [0.05, 0.1) is 6.04 Å². The van der Waals surface area contributed by atoms with Crippen molar-refractivity contribution >= 4 is 40.6 Å². The summed E-state index contributed by atoms with van der Waals surface area (Å²) in [6.07, 6.45) is 2.58. The summed E-state index contributed by atoms with van der Waals surface area (Å²) in [5.41, 5.74) is 17.9. The zero-order valence-electron chi connectivity index (χ0n) is 22.6. The number of carboxylic acid groups (broad SMARTS) is 1. The largest absolute Gasteiger partial charge is 0.480 e. The van der Waals surface area contributed by atoms with Gasteiger partial charge in [-0.1, -0.05) is 32.0 Å². The summed E-state index contributed by atoms with van der Waals surface area (Å²) >= 11 is 0. The van der Waals surface area contributed by atoms with E-state index in [-0.39, 0.29) is 37.7 Å². The Labute approximate surface area is 227 Å². The zero-order valence-corrected chi connectivity index (χ0v) is 22.6. The first-order valence-electron chi connectivity index (χ1n) is 12.9. The molecular formula is C26H40N8O5. The minimum absolute atomic E-state index is 0.00285.